The number of hydrogen-bond acceptors (Lipinski definition) is 4. The molecule has 0 bridgehead atoms. The van der Waals surface area contributed by atoms with Crippen LogP contribution < -0.4 is 11.3 Å². The highest BCUT2D eigenvalue weighted by Crippen LogP contribution is 2.42. The van der Waals surface area contributed by atoms with E-state index < -0.39 is 0 Å². The predicted octanol–water partition coefficient (Wildman–Crippen LogP) is 2.70. The summed E-state index contributed by atoms with van der Waals surface area (Å²) < 4.78 is 6.19. The zero-order valence-electron chi connectivity index (χ0n) is 11.9. The second kappa shape index (κ2) is 6.33. The van der Waals surface area contributed by atoms with Crippen molar-refractivity contribution >= 4 is 11.8 Å². The minimum atomic E-state index is 0.197. The smallest absolute Gasteiger partial charge is 0.0701 e. The van der Waals surface area contributed by atoms with E-state index in [-0.39, 0.29) is 5.60 Å². The van der Waals surface area contributed by atoms with E-state index in [0.29, 0.717) is 6.04 Å². The van der Waals surface area contributed by atoms with E-state index in [1.807, 2.05) is 0 Å². The van der Waals surface area contributed by atoms with Gasteiger partial charge in [0.25, 0.3) is 0 Å². The van der Waals surface area contributed by atoms with Crippen LogP contribution in [0.3, 0.4) is 0 Å². The molecule has 3 aliphatic rings. The Bertz CT molecular complexity index is 284. The molecule has 3 N–H and O–H groups in total. The SMILES string of the molecule is NNC(CC1CCC1)C1CCOC2(CCSCC2)C1. The standard InChI is InChI=1S/C15H28N2OS/c16-17-14(10-12-2-1-3-12)13-4-7-18-15(11-13)5-8-19-9-6-15/h12-14,17H,1-11,16H2. The summed E-state index contributed by atoms with van der Waals surface area (Å²) >= 11 is 2.08. The lowest BCUT2D eigenvalue weighted by Gasteiger charge is -2.46. The number of nitrogens with one attached hydrogen (secondary N) is 1. The number of thioether (sulfide) groups is 1. The summed E-state index contributed by atoms with van der Waals surface area (Å²) in [6.45, 7) is 0.943. The maximum Gasteiger partial charge on any atom is 0.0701 e. The summed E-state index contributed by atoms with van der Waals surface area (Å²) in [4.78, 5) is 0. The van der Waals surface area contributed by atoms with Crippen LogP contribution in [0.4, 0.5) is 0 Å². The van der Waals surface area contributed by atoms with Gasteiger partial charge in [-0.25, -0.2) is 0 Å². The molecule has 2 saturated heterocycles. The summed E-state index contributed by atoms with van der Waals surface area (Å²) in [5.74, 6) is 10.1. The number of rotatable bonds is 4. The Morgan fingerprint density at radius 2 is 2.05 bits per heavy atom. The van der Waals surface area contributed by atoms with Gasteiger partial charge in [0.15, 0.2) is 0 Å². The van der Waals surface area contributed by atoms with Gasteiger partial charge in [-0.05, 0) is 55.4 Å². The first-order valence-electron chi connectivity index (χ1n) is 7.99. The monoisotopic (exact) mass is 284 g/mol. The van der Waals surface area contributed by atoms with Crippen molar-refractivity contribution < 1.29 is 4.74 Å². The first-order valence-corrected chi connectivity index (χ1v) is 9.15. The minimum Gasteiger partial charge on any atom is -0.375 e. The van der Waals surface area contributed by atoms with Gasteiger partial charge in [0.05, 0.1) is 5.60 Å². The maximum absolute atomic E-state index is 6.19. The van der Waals surface area contributed by atoms with E-state index in [9.17, 15) is 0 Å². The van der Waals surface area contributed by atoms with Gasteiger partial charge in [0, 0.05) is 12.6 Å². The number of hydrogen-bond donors (Lipinski definition) is 2. The lowest BCUT2D eigenvalue weighted by molar-refractivity contribution is -0.108. The predicted molar refractivity (Wildman–Crippen MR) is 81.0 cm³/mol. The molecule has 19 heavy (non-hydrogen) atoms. The second-order valence-corrected chi connectivity index (χ2v) is 7.93. The lowest BCUT2D eigenvalue weighted by Crippen LogP contribution is -2.50. The first-order chi connectivity index (χ1) is 9.31. The summed E-state index contributed by atoms with van der Waals surface area (Å²) in [7, 11) is 0. The Morgan fingerprint density at radius 3 is 2.68 bits per heavy atom. The fraction of sp³-hybridized carbons (Fsp3) is 1.00. The quantitative estimate of drug-likeness (QED) is 0.615. The van der Waals surface area contributed by atoms with Crippen LogP contribution >= 0.6 is 11.8 Å². The Hall–Kier alpha value is 0.230. The van der Waals surface area contributed by atoms with Crippen LogP contribution in [-0.4, -0.2) is 29.8 Å². The van der Waals surface area contributed by atoms with Crippen molar-refractivity contribution in [2.24, 2.45) is 17.7 Å². The average Bonchev–Trinajstić information content (AvgIpc) is 2.39. The zero-order chi connectivity index (χ0) is 13.1. The first kappa shape index (κ1) is 14.2. The van der Waals surface area contributed by atoms with Crippen molar-refractivity contribution in [2.75, 3.05) is 18.1 Å². The molecule has 0 aromatic heterocycles. The normalized spacial score (nSPS) is 33.0. The van der Waals surface area contributed by atoms with Crippen LogP contribution in [0.1, 0.15) is 51.4 Å². The third-order valence-electron chi connectivity index (χ3n) is 5.53. The molecule has 0 radical (unpaired) electrons. The Kier molecular flexibility index (Phi) is 4.73. The minimum absolute atomic E-state index is 0.197. The molecule has 1 saturated carbocycles. The van der Waals surface area contributed by atoms with E-state index >= 15 is 0 Å². The van der Waals surface area contributed by atoms with Crippen molar-refractivity contribution in [3.63, 3.8) is 0 Å². The number of nitrogens with two attached hydrogens (primary N) is 1. The second-order valence-electron chi connectivity index (χ2n) is 6.70. The van der Waals surface area contributed by atoms with Gasteiger partial charge in [-0.3, -0.25) is 11.3 Å². The van der Waals surface area contributed by atoms with Gasteiger partial charge in [-0.1, -0.05) is 19.3 Å². The van der Waals surface area contributed by atoms with E-state index in [1.165, 1.54) is 62.9 Å². The summed E-state index contributed by atoms with van der Waals surface area (Å²) in [5.41, 5.74) is 3.33. The van der Waals surface area contributed by atoms with Crippen molar-refractivity contribution in [2.45, 2.75) is 63.0 Å². The van der Waals surface area contributed by atoms with Crippen LogP contribution in [0.5, 0.6) is 0 Å². The molecule has 2 heterocycles. The van der Waals surface area contributed by atoms with Gasteiger partial charge in [-0.2, -0.15) is 11.8 Å². The molecular formula is C15H28N2OS. The fourth-order valence-electron chi connectivity index (χ4n) is 3.99. The average molecular weight is 284 g/mol. The van der Waals surface area contributed by atoms with E-state index in [1.54, 1.807) is 0 Å². The van der Waals surface area contributed by atoms with Gasteiger partial charge < -0.3 is 4.74 Å². The number of hydrazine groups is 1. The molecule has 4 heteroatoms. The van der Waals surface area contributed by atoms with Crippen LogP contribution in [0.25, 0.3) is 0 Å². The van der Waals surface area contributed by atoms with E-state index in [0.717, 1.165) is 18.4 Å². The molecule has 1 spiro atoms. The zero-order valence-corrected chi connectivity index (χ0v) is 12.7. The van der Waals surface area contributed by atoms with Gasteiger partial charge in [0.2, 0.25) is 0 Å². The molecule has 3 fully saturated rings. The molecule has 110 valence electrons. The highest BCUT2D eigenvalue weighted by atomic mass is 32.2. The molecule has 2 unspecified atom stereocenters. The Morgan fingerprint density at radius 1 is 1.26 bits per heavy atom. The molecule has 3 nitrogen and oxygen atoms in total. The van der Waals surface area contributed by atoms with Crippen LogP contribution in [0.2, 0.25) is 0 Å². The molecule has 2 atom stereocenters. The third-order valence-corrected chi connectivity index (χ3v) is 6.52. The molecule has 0 aromatic rings. The highest BCUT2D eigenvalue weighted by molar-refractivity contribution is 7.99. The van der Waals surface area contributed by atoms with Gasteiger partial charge in [-0.15, -0.1) is 0 Å². The van der Waals surface area contributed by atoms with Crippen LogP contribution in [0.15, 0.2) is 0 Å². The maximum atomic E-state index is 6.19. The molecule has 0 amide bonds. The lowest BCUT2D eigenvalue weighted by atomic mass is 9.73. The Labute approximate surface area is 121 Å². The molecule has 2 aliphatic heterocycles. The molecule has 3 rings (SSSR count). The van der Waals surface area contributed by atoms with Crippen LogP contribution in [0, 0.1) is 11.8 Å². The van der Waals surface area contributed by atoms with Crippen molar-refractivity contribution in [3.05, 3.63) is 0 Å². The van der Waals surface area contributed by atoms with E-state index in [4.69, 9.17) is 10.6 Å². The summed E-state index contributed by atoms with van der Waals surface area (Å²) in [5, 5.41) is 0. The van der Waals surface area contributed by atoms with Crippen molar-refractivity contribution in [1.82, 2.24) is 5.43 Å². The number of ether oxygens (including phenoxy) is 1. The molecule has 0 aromatic carbocycles. The fourth-order valence-corrected chi connectivity index (χ4v) is 5.22. The topological polar surface area (TPSA) is 47.3 Å². The van der Waals surface area contributed by atoms with E-state index in [2.05, 4.69) is 17.2 Å². The van der Waals surface area contributed by atoms with Gasteiger partial charge >= 0.3 is 0 Å². The molecular weight excluding hydrogens is 256 g/mol. The van der Waals surface area contributed by atoms with Gasteiger partial charge in [0.1, 0.15) is 0 Å². The largest absolute Gasteiger partial charge is 0.375 e. The summed E-state index contributed by atoms with van der Waals surface area (Å²) in [6.07, 6.45) is 10.5. The summed E-state index contributed by atoms with van der Waals surface area (Å²) in [6, 6.07) is 0.514. The van der Waals surface area contributed by atoms with Crippen molar-refractivity contribution in [1.29, 1.82) is 0 Å². The third kappa shape index (κ3) is 3.29. The molecule has 1 aliphatic carbocycles. The highest BCUT2D eigenvalue weighted by Gasteiger charge is 2.41. The van der Waals surface area contributed by atoms with Crippen molar-refractivity contribution in [3.8, 4) is 0 Å². The van der Waals surface area contributed by atoms with Crippen LogP contribution in [-0.2, 0) is 4.74 Å². The Balaban J connectivity index is 1.58.